The van der Waals surface area contributed by atoms with Gasteiger partial charge in [-0.15, -0.1) is 0 Å². The number of hydrogen-bond acceptors (Lipinski definition) is 2. The molecule has 0 fully saturated rings. The van der Waals surface area contributed by atoms with Gasteiger partial charge in [-0.1, -0.05) is 30.3 Å². The zero-order valence-electron chi connectivity index (χ0n) is 8.05. The van der Waals surface area contributed by atoms with Crippen LogP contribution in [0, 0.1) is 0 Å². The van der Waals surface area contributed by atoms with E-state index < -0.39 is 6.10 Å². The number of benzene rings is 1. The zero-order valence-corrected chi connectivity index (χ0v) is 8.05. The van der Waals surface area contributed by atoms with E-state index >= 15 is 0 Å². The molecule has 2 rings (SSSR count). The molecule has 0 radical (unpaired) electrons. The van der Waals surface area contributed by atoms with Gasteiger partial charge >= 0.3 is 0 Å². The van der Waals surface area contributed by atoms with Crippen molar-refractivity contribution in [1.82, 2.24) is 4.98 Å². The van der Waals surface area contributed by atoms with Gasteiger partial charge in [0.05, 0.1) is 5.69 Å². The van der Waals surface area contributed by atoms with Gasteiger partial charge in [0.1, 0.15) is 0 Å². The summed E-state index contributed by atoms with van der Waals surface area (Å²) in [4.78, 5) is 14.6. The molecule has 0 spiro atoms. The number of aromatic nitrogens is 1. The maximum Gasteiger partial charge on any atom is 0.197 e. The van der Waals surface area contributed by atoms with Crippen LogP contribution in [0.15, 0.2) is 48.7 Å². The molecule has 0 saturated carbocycles. The number of ketones is 1. The van der Waals surface area contributed by atoms with Crippen LogP contribution in [-0.4, -0.2) is 15.9 Å². The molecule has 1 atom stereocenters. The van der Waals surface area contributed by atoms with Gasteiger partial charge in [-0.2, -0.15) is 0 Å². The van der Waals surface area contributed by atoms with Crippen molar-refractivity contribution in [3.63, 3.8) is 0 Å². The fraction of sp³-hybridized carbons (Fsp3) is 0.0833. The number of rotatable bonds is 3. The molecular formula is C12H11NO2. The Morgan fingerprint density at radius 2 is 1.87 bits per heavy atom. The lowest BCUT2D eigenvalue weighted by molar-refractivity contribution is 0.0741. The van der Waals surface area contributed by atoms with Crippen LogP contribution < -0.4 is 0 Å². The smallest absolute Gasteiger partial charge is 0.197 e. The molecule has 0 unspecified atom stereocenters. The number of carbonyl (C=O) groups is 1. The molecular weight excluding hydrogens is 190 g/mol. The van der Waals surface area contributed by atoms with Crippen molar-refractivity contribution in [3.05, 3.63) is 59.9 Å². The minimum atomic E-state index is -1.11. The molecule has 0 aliphatic heterocycles. The molecule has 0 aliphatic rings. The first-order valence-corrected chi connectivity index (χ1v) is 4.69. The molecule has 0 bridgehead atoms. The monoisotopic (exact) mass is 201 g/mol. The van der Waals surface area contributed by atoms with Crippen LogP contribution in [0.25, 0.3) is 0 Å². The summed E-state index contributed by atoms with van der Waals surface area (Å²) in [6, 6.07) is 12.2. The van der Waals surface area contributed by atoms with E-state index in [0.29, 0.717) is 11.3 Å². The second kappa shape index (κ2) is 4.11. The standard InChI is InChI=1S/C12H11NO2/c14-11(9-5-2-1-3-6-9)12(15)10-7-4-8-13-10/h1-8,12-13,15H/t12-/m1/s1. The van der Waals surface area contributed by atoms with Crippen LogP contribution in [0.4, 0.5) is 0 Å². The van der Waals surface area contributed by atoms with E-state index in [1.807, 2.05) is 6.07 Å². The van der Waals surface area contributed by atoms with Gasteiger partial charge in [0.2, 0.25) is 0 Å². The van der Waals surface area contributed by atoms with E-state index in [1.54, 1.807) is 42.6 Å². The van der Waals surface area contributed by atoms with Crippen molar-refractivity contribution in [2.24, 2.45) is 0 Å². The highest BCUT2D eigenvalue weighted by Crippen LogP contribution is 2.16. The van der Waals surface area contributed by atoms with Crippen molar-refractivity contribution in [3.8, 4) is 0 Å². The number of aliphatic hydroxyl groups is 1. The van der Waals surface area contributed by atoms with Crippen LogP contribution in [0.2, 0.25) is 0 Å². The molecule has 1 heterocycles. The zero-order chi connectivity index (χ0) is 10.7. The first-order chi connectivity index (χ1) is 7.29. The average Bonchev–Trinajstić information content (AvgIpc) is 2.82. The lowest BCUT2D eigenvalue weighted by atomic mass is 10.0. The number of Topliss-reactive ketones (excluding diaryl/α,β-unsaturated/α-hetero) is 1. The molecule has 0 aliphatic carbocycles. The first kappa shape index (κ1) is 9.68. The fourth-order valence-electron chi connectivity index (χ4n) is 1.42. The third-order valence-corrected chi connectivity index (χ3v) is 2.22. The normalized spacial score (nSPS) is 12.3. The van der Waals surface area contributed by atoms with Crippen LogP contribution in [-0.2, 0) is 0 Å². The summed E-state index contributed by atoms with van der Waals surface area (Å²) in [6.45, 7) is 0. The molecule has 3 heteroatoms. The summed E-state index contributed by atoms with van der Waals surface area (Å²) in [7, 11) is 0. The lowest BCUT2D eigenvalue weighted by Gasteiger charge is -2.07. The van der Waals surface area contributed by atoms with E-state index in [0.717, 1.165) is 0 Å². The summed E-state index contributed by atoms with van der Waals surface area (Å²) in [5.74, 6) is -0.293. The SMILES string of the molecule is O=C(c1ccccc1)[C@H](O)c1ccc[nH]1. The van der Waals surface area contributed by atoms with E-state index in [9.17, 15) is 9.90 Å². The number of hydrogen-bond donors (Lipinski definition) is 2. The van der Waals surface area contributed by atoms with Crippen molar-refractivity contribution in [2.45, 2.75) is 6.10 Å². The lowest BCUT2D eigenvalue weighted by Crippen LogP contribution is -2.12. The Balaban J connectivity index is 2.23. The quantitative estimate of drug-likeness (QED) is 0.745. The highest BCUT2D eigenvalue weighted by atomic mass is 16.3. The summed E-state index contributed by atoms with van der Waals surface area (Å²) >= 11 is 0. The van der Waals surface area contributed by atoms with E-state index in [-0.39, 0.29) is 5.78 Å². The maximum absolute atomic E-state index is 11.8. The van der Waals surface area contributed by atoms with Gasteiger partial charge < -0.3 is 10.1 Å². The summed E-state index contributed by atoms with van der Waals surface area (Å²) in [5, 5.41) is 9.75. The molecule has 15 heavy (non-hydrogen) atoms. The third kappa shape index (κ3) is 1.97. The van der Waals surface area contributed by atoms with Gasteiger partial charge in [0.25, 0.3) is 0 Å². The predicted molar refractivity (Wildman–Crippen MR) is 56.5 cm³/mol. The summed E-state index contributed by atoms with van der Waals surface area (Å²) < 4.78 is 0. The Labute approximate surface area is 87.4 Å². The van der Waals surface area contributed by atoms with Crippen LogP contribution in [0.5, 0.6) is 0 Å². The molecule has 0 amide bonds. The summed E-state index contributed by atoms with van der Waals surface area (Å²) in [5.41, 5.74) is 1.03. The molecule has 2 N–H and O–H groups in total. The number of nitrogens with one attached hydrogen (secondary N) is 1. The minimum Gasteiger partial charge on any atom is -0.379 e. The number of aliphatic hydroxyl groups excluding tert-OH is 1. The Morgan fingerprint density at radius 1 is 1.13 bits per heavy atom. The molecule has 1 aromatic carbocycles. The van der Waals surface area contributed by atoms with Crippen molar-refractivity contribution in [2.75, 3.05) is 0 Å². The van der Waals surface area contributed by atoms with Crippen LogP contribution >= 0.6 is 0 Å². The molecule has 1 aromatic heterocycles. The Kier molecular flexibility index (Phi) is 2.65. The first-order valence-electron chi connectivity index (χ1n) is 4.69. The fourth-order valence-corrected chi connectivity index (χ4v) is 1.42. The third-order valence-electron chi connectivity index (χ3n) is 2.22. The number of H-pyrrole nitrogens is 1. The van der Waals surface area contributed by atoms with Gasteiger partial charge in [0, 0.05) is 11.8 Å². The number of carbonyl (C=O) groups excluding carboxylic acids is 1. The van der Waals surface area contributed by atoms with E-state index in [4.69, 9.17) is 0 Å². The van der Waals surface area contributed by atoms with E-state index in [2.05, 4.69) is 4.98 Å². The highest BCUT2D eigenvalue weighted by Gasteiger charge is 2.19. The van der Waals surface area contributed by atoms with Crippen LogP contribution in [0.1, 0.15) is 22.2 Å². The van der Waals surface area contributed by atoms with Gasteiger partial charge in [-0.05, 0) is 12.1 Å². The van der Waals surface area contributed by atoms with Crippen molar-refractivity contribution in [1.29, 1.82) is 0 Å². The summed E-state index contributed by atoms with van der Waals surface area (Å²) in [6.07, 6.45) is 0.569. The molecule has 76 valence electrons. The molecule has 0 saturated heterocycles. The largest absolute Gasteiger partial charge is 0.379 e. The van der Waals surface area contributed by atoms with Crippen molar-refractivity contribution >= 4 is 5.78 Å². The second-order valence-corrected chi connectivity index (χ2v) is 3.26. The van der Waals surface area contributed by atoms with Crippen molar-refractivity contribution < 1.29 is 9.90 Å². The Morgan fingerprint density at radius 3 is 2.47 bits per heavy atom. The molecule has 2 aromatic rings. The van der Waals surface area contributed by atoms with Gasteiger partial charge in [-0.3, -0.25) is 4.79 Å². The van der Waals surface area contributed by atoms with Crippen LogP contribution in [0.3, 0.4) is 0 Å². The predicted octanol–water partition coefficient (Wildman–Crippen LogP) is 1.93. The highest BCUT2D eigenvalue weighted by molar-refractivity contribution is 5.99. The minimum absolute atomic E-state index is 0.293. The van der Waals surface area contributed by atoms with Gasteiger partial charge in [0.15, 0.2) is 11.9 Å². The maximum atomic E-state index is 11.8. The average molecular weight is 201 g/mol. The molecule has 3 nitrogen and oxygen atoms in total. The topological polar surface area (TPSA) is 53.1 Å². The Bertz CT molecular complexity index is 434. The van der Waals surface area contributed by atoms with E-state index in [1.165, 1.54) is 0 Å². The number of aromatic amines is 1. The van der Waals surface area contributed by atoms with Gasteiger partial charge in [-0.25, -0.2) is 0 Å². The Hall–Kier alpha value is -1.87. The second-order valence-electron chi connectivity index (χ2n) is 3.26.